The van der Waals surface area contributed by atoms with Crippen LogP contribution in [0, 0.1) is 5.82 Å². The molecule has 0 radical (unpaired) electrons. The number of rotatable bonds is 8. The molecule has 3 N–H and O–H groups in total. The van der Waals surface area contributed by atoms with Crippen molar-refractivity contribution < 1.29 is 22.3 Å². The van der Waals surface area contributed by atoms with Gasteiger partial charge in [0.1, 0.15) is 10.7 Å². The number of nitrogens with one attached hydrogen (secondary N) is 1. The number of hydrogen-bond donors (Lipinski definition) is 2. The first-order valence-corrected chi connectivity index (χ1v) is 9.76. The van der Waals surface area contributed by atoms with Crippen LogP contribution in [0.1, 0.15) is 17.7 Å². The Morgan fingerprint density at radius 2 is 2.10 bits per heavy atom. The highest BCUT2D eigenvalue weighted by atomic mass is 35.5. The van der Waals surface area contributed by atoms with Crippen LogP contribution in [0.2, 0.25) is 10.4 Å². The fraction of sp³-hybridized carbons (Fsp3) is 0.400. The topological polar surface area (TPSA) is 90.4 Å². The van der Waals surface area contributed by atoms with E-state index in [2.05, 4.69) is 24.5 Å². The Balaban J connectivity index is 1.82. The van der Waals surface area contributed by atoms with Gasteiger partial charge in [-0.25, -0.2) is 8.91 Å². The maximum absolute atomic E-state index is 15.1. The molecule has 0 saturated heterocycles. The molecule has 29 heavy (non-hydrogen) atoms. The van der Waals surface area contributed by atoms with E-state index in [0.29, 0.717) is 5.69 Å². The summed E-state index contributed by atoms with van der Waals surface area (Å²) in [7, 11) is 0. The van der Waals surface area contributed by atoms with Gasteiger partial charge in [0.15, 0.2) is 11.6 Å². The van der Waals surface area contributed by atoms with Crippen molar-refractivity contribution in [1.82, 2.24) is 19.0 Å². The van der Waals surface area contributed by atoms with Gasteiger partial charge in [-0.1, -0.05) is 11.6 Å². The third-order valence-electron chi connectivity index (χ3n) is 3.88. The van der Waals surface area contributed by atoms with E-state index >= 15 is 4.39 Å². The summed E-state index contributed by atoms with van der Waals surface area (Å²) >= 11 is 13.4. The average Bonchev–Trinajstić information content (AvgIpc) is 3.22. The molecule has 0 spiro atoms. The molecule has 0 aromatic carbocycles. The molecule has 0 unspecified atom stereocenters. The van der Waals surface area contributed by atoms with E-state index in [9.17, 15) is 13.2 Å². The van der Waals surface area contributed by atoms with E-state index in [4.69, 9.17) is 28.9 Å². The number of ether oxygens (including phenoxy) is 1. The minimum absolute atomic E-state index is 0.000509. The molecule has 1 atom stereocenters. The fourth-order valence-electron chi connectivity index (χ4n) is 2.59. The van der Waals surface area contributed by atoms with Crippen molar-refractivity contribution in [2.24, 2.45) is 5.73 Å². The molecule has 0 aliphatic carbocycles. The smallest absolute Gasteiger partial charge is 0.362 e. The molecule has 3 heterocycles. The van der Waals surface area contributed by atoms with Crippen molar-refractivity contribution in [3.8, 4) is 0 Å². The van der Waals surface area contributed by atoms with E-state index in [0.717, 1.165) is 4.52 Å². The second kappa shape index (κ2) is 8.96. The lowest BCUT2D eigenvalue weighted by atomic mass is 10.1. The van der Waals surface area contributed by atoms with Gasteiger partial charge in [-0.2, -0.15) is 9.36 Å². The van der Waals surface area contributed by atoms with Crippen LogP contribution in [0.25, 0.3) is 5.52 Å². The second-order valence-electron chi connectivity index (χ2n) is 5.96. The number of hydrogen-bond acceptors (Lipinski definition) is 7. The minimum atomic E-state index is -4.75. The summed E-state index contributed by atoms with van der Waals surface area (Å²) in [5.74, 6) is -0.641. The molecule has 3 aromatic rings. The SMILES string of the molecule is N[C@@H](CCOC(F)(F)F)Cc1c(F)c2c(NCc3ccsn3)nc(Cl)nn2c1Cl. The molecule has 0 bridgehead atoms. The molecular formula is C15H14Cl2F4N6OS. The van der Waals surface area contributed by atoms with Crippen molar-refractivity contribution in [3.63, 3.8) is 0 Å². The fourth-order valence-corrected chi connectivity index (χ4v) is 3.57. The Labute approximate surface area is 175 Å². The van der Waals surface area contributed by atoms with E-state index in [-0.39, 0.29) is 46.7 Å². The monoisotopic (exact) mass is 472 g/mol. The average molecular weight is 473 g/mol. The first-order valence-electron chi connectivity index (χ1n) is 8.17. The highest BCUT2D eigenvalue weighted by molar-refractivity contribution is 7.03. The van der Waals surface area contributed by atoms with Crippen LogP contribution in [0.4, 0.5) is 23.4 Å². The largest absolute Gasteiger partial charge is 0.522 e. The summed E-state index contributed by atoms with van der Waals surface area (Å²) in [6, 6.07) is 0.962. The highest BCUT2D eigenvalue weighted by Gasteiger charge is 2.29. The number of anilines is 1. The number of nitrogens with two attached hydrogens (primary N) is 1. The summed E-state index contributed by atoms with van der Waals surface area (Å²) in [6.45, 7) is -0.387. The zero-order chi connectivity index (χ0) is 21.2. The van der Waals surface area contributed by atoms with Gasteiger partial charge in [-0.3, -0.25) is 4.74 Å². The van der Waals surface area contributed by atoms with E-state index in [1.807, 2.05) is 0 Å². The predicted octanol–water partition coefficient (Wildman–Crippen LogP) is 4.04. The van der Waals surface area contributed by atoms with Gasteiger partial charge < -0.3 is 11.1 Å². The lowest BCUT2D eigenvalue weighted by molar-refractivity contribution is -0.324. The number of halogens is 6. The molecule has 158 valence electrons. The molecule has 3 aromatic heterocycles. The van der Waals surface area contributed by atoms with Crippen LogP contribution < -0.4 is 11.1 Å². The van der Waals surface area contributed by atoms with Crippen LogP contribution in [0.3, 0.4) is 0 Å². The van der Waals surface area contributed by atoms with Crippen LogP contribution in [-0.4, -0.2) is 38.0 Å². The van der Waals surface area contributed by atoms with Crippen LogP contribution in [0.15, 0.2) is 11.4 Å². The lowest BCUT2D eigenvalue weighted by Gasteiger charge is -2.12. The Morgan fingerprint density at radius 1 is 1.34 bits per heavy atom. The molecule has 7 nitrogen and oxygen atoms in total. The second-order valence-corrected chi connectivity index (χ2v) is 7.33. The van der Waals surface area contributed by atoms with Gasteiger partial charge in [0.05, 0.1) is 18.8 Å². The van der Waals surface area contributed by atoms with E-state index in [1.54, 1.807) is 11.4 Å². The first kappa shape index (κ1) is 22.0. The maximum Gasteiger partial charge on any atom is 0.522 e. The van der Waals surface area contributed by atoms with Crippen molar-refractivity contribution in [1.29, 1.82) is 0 Å². The molecule has 3 rings (SSSR count). The van der Waals surface area contributed by atoms with Crippen LogP contribution >= 0.6 is 34.7 Å². The maximum atomic E-state index is 15.1. The van der Waals surface area contributed by atoms with E-state index < -0.39 is 24.8 Å². The van der Waals surface area contributed by atoms with Gasteiger partial charge in [-0.15, -0.1) is 18.3 Å². The molecule has 0 amide bonds. The van der Waals surface area contributed by atoms with Gasteiger partial charge in [0.25, 0.3) is 0 Å². The highest BCUT2D eigenvalue weighted by Crippen LogP contribution is 2.31. The summed E-state index contributed by atoms with van der Waals surface area (Å²) in [5.41, 5.74) is 6.48. The number of fused-ring (bicyclic) bond motifs is 1. The van der Waals surface area contributed by atoms with Crippen molar-refractivity contribution >= 4 is 46.1 Å². The van der Waals surface area contributed by atoms with Gasteiger partial charge in [0, 0.05) is 17.0 Å². The van der Waals surface area contributed by atoms with Crippen LogP contribution in [0.5, 0.6) is 0 Å². The number of nitrogens with zero attached hydrogens (tertiary/aromatic N) is 4. The Kier molecular flexibility index (Phi) is 6.79. The quantitative estimate of drug-likeness (QED) is 0.480. The van der Waals surface area contributed by atoms with Gasteiger partial charge in [0.2, 0.25) is 5.28 Å². The standard InChI is InChI=1S/C15H14Cl2F4N6OS/c16-12-9(5-7(22)1-3-28-15(19,20)21)10(18)11-13(24-14(17)25-27(11)12)23-6-8-2-4-29-26-8/h2,4,7H,1,3,5-6,22H2,(H,23,24,25)/t7-/m0/s1. The number of aromatic nitrogens is 4. The lowest BCUT2D eigenvalue weighted by Crippen LogP contribution is -2.27. The Bertz CT molecular complexity index is 982. The third kappa shape index (κ3) is 5.45. The minimum Gasteiger partial charge on any atom is -0.362 e. The summed E-state index contributed by atoms with van der Waals surface area (Å²) in [4.78, 5) is 3.99. The van der Waals surface area contributed by atoms with Crippen molar-refractivity contribution in [2.75, 3.05) is 11.9 Å². The molecular weight excluding hydrogens is 459 g/mol. The van der Waals surface area contributed by atoms with Gasteiger partial charge >= 0.3 is 6.36 Å². The zero-order valence-corrected chi connectivity index (χ0v) is 16.8. The summed E-state index contributed by atoms with van der Waals surface area (Å²) in [6.07, 6.45) is -5.03. The van der Waals surface area contributed by atoms with Crippen molar-refractivity contribution in [2.45, 2.75) is 31.8 Å². The van der Waals surface area contributed by atoms with Gasteiger partial charge in [-0.05, 0) is 42.0 Å². The normalized spacial score (nSPS) is 13.2. The van der Waals surface area contributed by atoms with Crippen LogP contribution in [-0.2, 0) is 17.7 Å². The molecule has 14 heteroatoms. The van der Waals surface area contributed by atoms with Crippen molar-refractivity contribution in [3.05, 3.63) is 39.0 Å². The first-order chi connectivity index (χ1) is 13.7. The molecule has 0 aliphatic rings. The molecule has 0 fully saturated rings. The Morgan fingerprint density at radius 3 is 2.76 bits per heavy atom. The summed E-state index contributed by atoms with van der Waals surface area (Å²) in [5, 5.41) is 8.34. The zero-order valence-electron chi connectivity index (χ0n) is 14.5. The predicted molar refractivity (Wildman–Crippen MR) is 101 cm³/mol. The van der Waals surface area contributed by atoms with E-state index in [1.165, 1.54) is 11.5 Å². The molecule has 0 aliphatic heterocycles. The number of alkyl halides is 3. The summed E-state index contributed by atoms with van der Waals surface area (Å²) < 4.78 is 60.2. The Hall–Kier alpha value is -1.73. The third-order valence-corrected chi connectivity index (χ3v) is 5.03. The molecule has 0 saturated carbocycles.